The van der Waals surface area contributed by atoms with E-state index in [1.807, 2.05) is 0 Å². The number of rotatable bonds is 3. The maximum Gasteiger partial charge on any atom is 0.385 e. The van der Waals surface area contributed by atoms with Gasteiger partial charge in [-0.1, -0.05) is 0 Å². The van der Waals surface area contributed by atoms with Crippen LogP contribution in [0, 0.1) is 0 Å². The maximum absolute atomic E-state index is 10.5. The highest BCUT2D eigenvalue weighted by molar-refractivity contribution is 5.85. The fourth-order valence-corrected chi connectivity index (χ4v) is 0.396. The van der Waals surface area contributed by atoms with E-state index in [1.54, 1.807) is 0 Å². The van der Waals surface area contributed by atoms with Crippen molar-refractivity contribution in [2.24, 2.45) is 11.5 Å². The third-order valence-electron chi connectivity index (χ3n) is 1.09. The third kappa shape index (κ3) is 2.50. The summed E-state index contributed by atoms with van der Waals surface area (Å²) >= 11 is 0. The lowest BCUT2D eigenvalue weighted by Crippen LogP contribution is -2.60. The third-order valence-corrected chi connectivity index (χ3v) is 1.09. The topological polar surface area (TPSA) is 143 Å². The van der Waals surface area contributed by atoms with E-state index in [9.17, 15) is 9.59 Å². The van der Waals surface area contributed by atoms with Crippen LogP contribution in [0.3, 0.4) is 0 Å². The van der Waals surface area contributed by atoms with Crippen LogP contribution >= 0.6 is 0 Å². The molecule has 64 valence electrons. The smallest absolute Gasteiger partial charge is 0.385 e. The first kappa shape index (κ1) is 9.82. The van der Waals surface area contributed by atoms with Gasteiger partial charge in [-0.25, -0.2) is 4.79 Å². The summed E-state index contributed by atoms with van der Waals surface area (Å²) in [5.74, 6) is 0.467. The Morgan fingerprint density at radius 2 is 1.82 bits per heavy atom. The largest absolute Gasteiger partial charge is 0.480 e. The molecule has 0 heterocycles. The van der Waals surface area contributed by atoms with E-state index in [4.69, 9.17) is 16.6 Å². The van der Waals surface area contributed by atoms with E-state index in [0.717, 1.165) is 0 Å². The Balaban J connectivity index is 4.12. The summed E-state index contributed by atoms with van der Waals surface area (Å²) in [5.41, 5.74) is 10.0. The molecule has 0 aliphatic carbocycles. The summed E-state index contributed by atoms with van der Waals surface area (Å²) in [6, 6.07) is -2.82. The minimum absolute atomic E-state index is 0.945. The predicted octanol–water partition coefficient (Wildman–Crippen LogP) is -3.57. The van der Waals surface area contributed by atoms with Crippen LogP contribution in [0.15, 0.2) is 0 Å². The first-order valence-electron chi connectivity index (χ1n) is 2.70. The molecule has 7 nitrogen and oxygen atoms in total. The van der Waals surface area contributed by atoms with Crippen LogP contribution in [0.2, 0.25) is 0 Å². The molecule has 0 aliphatic rings. The van der Waals surface area contributed by atoms with Gasteiger partial charge in [0.2, 0.25) is 0 Å². The van der Waals surface area contributed by atoms with Gasteiger partial charge >= 0.3 is 11.9 Å². The molecule has 0 saturated carbocycles. The molecule has 8 N–H and O–H groups in total. The molecule has 0 rings (SSSR count). The lowest BCUT2D eigenvalue weighted by molar-refractivity contribution is -0.657. The normalized spacial score (nSPS) is 15.2. The van der Waals surface area contributed by atoms with Crippen molar-refractivity contribution in [2.45, 2.75) is 12.1 Å². The summed E-state index contributed by atoms with van der Waals surface area (Å²) in [4.78, 5) is 24.6. The van der Waals surface area contributed by atoms with Crippen molar-refractivity contribution in [3.8, 4) is 0 Å². The monoisotopic (exact) mass is 164 g/mol. The zero-order valence-electron chi connectivity index (χ0n) is 5.69. The molecule has 0 radical (unpaired) electrons. The Labute approximate surface area is 62.0 Å². The lowest BCUT2D eigenvalue weighted by atomic mass is 10.1. The molecule has 7 heteroatoms. The van der Waals surface area contributed by atoms with E-state index in [0.29, 0.717) is 0 Å². The van der Waals surface area contributed by atoms with Crippen molar-refractivity contribution in [1.29, 1.82) is 0 Å². The fraction of sp³-hybridized carbons (Fsp3) is 0.500. The van der Waals surface area contributed by atoms with E-state index in [-0.39, 0.29) is 0 Å². The molecule has 0 saturated heterocycles. The molecule has 0 bridgehead atoms. The Morgan fingerprint density at radius 1 is 1.36 bits per heavy atom. The fourth-order valence-electron chi connectivity index (χ4n) is 0.396. The second-order valence-electron chi connectivity index (χ2n) is 1.85. The predicted molar refractivity (Wildman–Crippen MR) is 32.6 cm³/mol. The van der Waals surface area contributed by atoms with Crippen LogP contribution in [-0.4, -0.2) is 29.1 Å². The first-order chi connectivity index (χ1) is 5.00. The van der Waals surface area contributed by atoms with Crippen molar-refractivity contribution in [2.75, 3.05) is 0 Å². The van der Waals surface area contributed by atoms with Gasteiger partial charge in [0.15, 0.2) is 0 Å². The number of carboxylic acids is 1. The number of hydrogen-bond donors (Lipinski definition) is 4. The molecule has 11 heavy (non-hydrogen) atoms. The molecule has 0 amide bonds. The Bertz CT molecular complexity index is 171. The van der Waals surface area contributed by atoms with E-state index >= 15 is 0 Å². The van der Waals surface area contributed by atoms with Crippen molar-refractivity contribution >= 4 is 11.9 Å². The Hall–Kier alpha value is -1.18. The minimum Gasteiger partial charge on any atom is -0.480 e. The van der Waals surface area contributed by atoms with Gasteiger partial charge in [0.05, 0.1) is 0 Å². The minimum atomic E-state index is -1.45. The summed E-state index contributed by atoms with van der Waals surface area (Å²) in [6.45, 7) is 0. The molecular weight excluding hydrogens is 154 g/mol. The quantitative estimate of drug-likeness (QED) is 0.317. The molecule has 0 aromatic carbocycles. The summed E-state index contributed by atoms with van der Waals surface area (Å²) in [7, 11) is 0. The number of carboxylic acid groups (broad SMARTS) is 1. The van der Waals surface area contributed by atoms with Crippen LogP contribution in [0.5, 0.6) is 0 Å². The zero-order valence-corrected chi connectivity index (χ0v) is 5.69. The van der Waals surface area contributed by atoms with Gasteiger partial charge in [-0.05, 0) is 0 Å². The molecule has 0 aliphatic heterocycles. The maximum atomic E-state index is 10.5. The number of quaternary nitrogens is 1. The highest BCUT2D eigenvalue weighted by atomic mass is 16.7. The van der Waals surface area contributed by atoms with Gasteiger partial charge in [-0.2, -0.15) is 5.90 Å². The van der Waals surface area contributed by atoms with Crippen molar-refractivity contribution in [3.05, 3.63) is 0 Å². The molecular formula is C4H10N3O4+. The second kappa shape index (κ2) is 3.86. The number of hydrogen-bond acceptors (Lipinski definition) is 5. The van der Waals surface area contributed by atoms with E-state index < -0.39 is 24.0 Å². The SMILES string of the molecule is NC(C(=O)O)C(N)C(=O)O[NH3+]. The van der Waals surface area contributed by atoms with Gasteiger partial charge < -0.3 is 16.6 Å². The number of carbonyl (C=O) groups is 2. The molecule has 0 aromatic heterocycles. The standard InChI is InChI=1S/C4H9N3O4/c5-1(3(8)9)2(6)4(10)11-7/h1-2H,5-6H2,7H3/p+1. The van der Waals surface area contributed by atoms with Crippen LogP contribution in [0.1, 0.15) is 0 Å². The van der Waals surface area contributed by atoms with Crippen molar-refractivity contribution in [3.63, 3.8) is 0 Å². The highest BCUT2D eigenvalue weighted by Crippen LogP contribution is 1.88. The van der Waals surface area contributed by atoms with Gasteiger partial charge in [0.1, 0.15) is 12.1 Å². The van der Waals surface area contributed by atoms with Crippen LogP contribution in [-0.2, 0) is 14.4 Å². The number of nitrogens with two attached hydrogens (primary N) is 2. The average Bonchev–Trinajstić information content (AvgIpc) is 2.00. The van der Waals surface area contributed by atoms with Gasteiger partial charge in [0.25, 0.3) is 0 Å². The Kier molecular flexibility index (Phi) is 3.45. The zero-order chi connectivity index (χ0) is 9.02. The molecule has 0 aromatic rings. The molecule has 0 spiro atoms. The summed E-state index contributed by atoms with van der Waals surface area (Å²) in [6.07, 6.45) is 0. The summed E-state index contributed by atoms with van der Waals surface area (Å²) < 4.78 is 0. The highest BCUT2D eigenvalue weighted by Gasteiger charge is 2.29. The first-order valence-corrected chi connectivity index (χ1v) is 2.70. The van der Waals surface area contributed by atoms with Gasteiger partial charge in [-0.3, -0.25) is 9.63 Å². The lowest BCUT2D eigenvalue weighted by Gasteiger charge is -2.10. The van der Waals surface area contributed by atoms with Gasteiger partial charge in [0, 0.05) is 0 Å². The van der Waals surface area contributed by atoms with E-state index in [1.165, 1.54) is 0 Å². The number of aliphatic carboxylic acids is 1. The molecule has 2 unspecified atom stereocenters. The van der Waals surface area contributed by atoms with Crippen LogP contribution in [0.4, 0.5) is 0 Å². The van der Waals surface area contributed by atoms with Crippen LogP contribution in [0.25, 0.3) is 0 Å². The summed E-state index contributed by atoms with van der Waals surface area (Å²) in [5, 5.41) is 8.26. The Morgan fingerprint density at radius 3 is 2.09 bits per heavy atom. The molecule has 0 fully saturated rings. The van der Waals surface area contributed by atoms with Gasteiger partial charge in [-0.15, -0.1) is 0 Å². The second-order valence-corrected chi connectivity index (χ2v) is 1.85. The van der Waals surface area contributed by atoms with Crippen molar-refractivity contribution in [1.82, 2.24) is 0 Å². The van der Waals surface area contributed by atoms with E-state index in [2.05, 4.69) is 10.7 Å². The van der Waals surface area contributed by atoms with Crippen LogP contribution < -0.4 is 17.4 Å². The van der Waals surface area contributed by atoms with Crippen molar-refractivity contribution < 1.29 is 25.4 Å². The number of carbonyl (C=O) groups excluding carboxylic acids is 1. The average molecular weight is 164 g/mol. The molecule has 2 atom stereocenters.